The largest absolute Gasteiger partial charge is 0.361 e. The molecule has 1 aromatic carbocycles. The number of hydrogen-bond acceptors (Lipinski definition) is 4. The third kappa shape index (κ3) is 2.13. The van der Waals surface area contributed by atoms with Crippen LogP contribution in [0.1, 0.15) is 12.0 Å². The number of aromatic amines is 1. The molecule has 6 nitrogen and oxygen atoms in total. The van der Waals surface area contributed by atoms with Crippen LogP contribution in [0.2, 0.25) is 0 Å². The minimum absolute atomic E-state index is 0.658. The van der Waals surface area contributed by atoms with Crippen molar-refractivity contribution in [2.45, 2.75) is 6.42 Å². The van der Waals surface area contributed by atoms with Gasteiger partial charge in [-0.2, -0.15) is 4.80 Å². The van der Waals surface area contributed by atoms with E-state index < -0.39 is 0 Å². The van der Waals surface area contributed by atoms with Crippen molar-refractivity contribution < 1.29 is 0 Å². The average molecular weight is 280 g/mol. The average Bonchev–Trinajstić information content (AvgIpc) is 3.13. The van der Waals surface area contributed by atoms with Gasteiger partial charge in [0.15, 0.2) is 0 Å². The Morgan fingerprint density at radius 3 is 3.00 bits per heavy atom. The number of H-pyrrole nitrogens is 1. The summed E-state index contributed by atoms with van der Waals surface area (Å²) in [6.07, 6.45) is 5.41. The van der Waals surface area contributed by atoms with Crippen LogP contribution in [0.3, 0.4) is 0 Å². The topological polar surface area (TPSA) is 71.4 Å². The van der Waals surface area contributed by atoms with Gasteiger partial charge in [0.2, 0.25) is 5.82 Å². The Morgan fingerprint density at radius 1 is 1.29 bits per heavy atom. The summed E-state index contributed by atoms with van der Waals surface area (Å²) in [7, 11) is 1.77. The molecule has 3 aromatic rings. The van der Waals surface area contributed by atoms with Crippen LogP contribution in [0.15, 0.2) is 30.5 Å². The van der Waals surface area contributed by atoms with Gasteiger partial charge in [-0.3, -0.25) is 0 Å². The molecular formula is C15H16N6. The Labute approximate surface area is 121 Å². The molecule has 0 saturated carbocycles. The Kier molecular flexibility index (Phi) is 2.82. The predicted molar refractivity (Wildman–Crippen MR) is 81.6 cm³/mol. The molecule has 6 heteroatoms. The normalized spacial score (nSPS) is 15.4. The molecule has 0 spiro atoms. The molecule has 0 saturated heterocycles. The van der Waals surface area contributed by atoms with Crippen molar-refractivity contribution in [2.75, 3.05) is 13.1 Å². The molecule has 0 unspecified atom stereocenters. The first kappa shape index (κ1) is 12.3. The molecule has 0 amide bonds. The Hall–Kier alpha value is -2.47. The lowest BCUT2D eigenvalue weighted by Crippen LogP contribution is -2.19. The molecule has 0 fully saturated rings. The summed E-state index contributed by atoms with van der Waals surface area (Å²) < 4.78 is 0. The smallest absolute Gasteiger partial charge is 0.204 e. The maximum absolute atomic E-state index is 4.27. The van der Waals surface area contributed by atoms with E-state index in [-0.39, 0.29) is 0 Å². The molecule has 0 bridgehead atoms. The summed E-state index contributed by atoms with van der Waals surface area (Å²) in [6, 6.07) is 6.24. The maximum Gasteiger partial charge on any atom is 0.204 e. The molecule has 0 radical (unpaired) electrons. The number of benzene rings is 1. The molecule has 3 heterocycles. The Morgan fingerprint density at radius 2 is 2.24 bits per heavy atom. The highest BCUT2D eigenvalue weighted by Crippen LogP contribution is 2.30. The van der Waals surface area contributed by atoms with Crippen molar-refractivity contribution in [1.82, 2.24) is 30.5 Å². The molecule has 2 N–H and O–H groups in total. The number of tetrazole rings is 1. The van der Waals surface area contributed by atoms with Gasteiger partial charge in [0, 0.05) is 34.8 Å². The first-order chi connectivity index (χ1) is 10.3. The number of aryl methyl sites for hydroxylation is 1. The van der Waals surface area contributed by atoms with E-state index in [1.165, 1.54) is 21.3 Å². The first-order valence-electron chi connectivity index (χ1n) is 7.07. The molecule has 21 heavy (non-hydrogen) atoms. The SMILES string of the molecule is Cn1nnc(-c2ccc3[nH]cc(C4=CCNCC4)c3c2)n1. The number of nitrogens with zero attached hydrogens (tertiary/aromatic N) is 4. The highest BCUT2D eigenvalue weighted by Gasteiger charge is 2.13. The number of hydrogen-bond donors (Lipinski definition) is 2. The van der Waals surface area contributed by atoms with Gasteiger partial charge in [-0.15, -0.1) is 10.2 Å². The van der Waals surface area contributed by atoms with Crippen LogP contribution in [-0.4, -0.2) is 38.3 Å². The lowest BCUT2D eigenvalue weighted by atomic mass is 9.98. The first-order valence-corrected chi connectivity index (χ1v) is 7.07. The number of aromatic nitrogens is 5. The number of fused-ring (bicyclic) bond motifs is 1. The molecule has 0 aliphatic carbocycles. The van der Waals surface area contributed by atoms with Gasteiger partial charge in [-0.1, -0.05) is 6.08 Å². The van der Waals surface area contributed by atoms with Crippen molar-refractivity contribution >= 4 is 16.5 Å². The predicted octanol–water partition coefficient (Wildman–Crippen LogP) is 1.74. The van der Waals surface area contributed by atoms with Crippen LogP contribution >= 0.6 is 0 Å². The van der Waals surface area contributed by atoms with Gasteiger partial charge >= 0.3 is 0 Å². The van der Waals surface area contributed by atoms with Gasteiger partial charge < -0.3 is 10.3 Å². The monoisotopic (exact) mass is 280 g/mol. The van der Waals surface area contributed by atoms with E-state index in [1.54, 1.807) is 7.05 Å². The minimum Gasteiger partial charge on any atom is -0.361 e. The fourth-order valence-electron chi connectivity index (χ4n) is 2.79. The molecule has 2 aromatic heterocycles. The second kappa shape index (κ2) is 4.82. The van der Waals surface area contributed by atoms with Crippen molar-refractivity contribution in [3.05, 3.63) is 36.0 Å². The molecule has 4 rings (SSSR count). The highest BCUT2D eigenvalue weighted by molar-refractivity contribution is 5.95. The van der Waals surface area contributed by atoms with E-state index in [9.17, 15) is 0 Å². The van der Waals surface area contributed by atoms with Crippen LogP contribution in [0.4, 0.5) is 0 Å². The lowest BCUT2D eigenvalue weighted by molar-refractivity contribution is 0.630. The van der Waals surface area contributed by atoms with E-state index in [0.29, 0.717) is 5.82 Å². The third-order valence-electron chi connectivity index (χ3n) is 3.86. The second-order valence-electron chi connectivity index (χ2n) is 5.25. The third-order valence-corrected chi connectivity index (χ3v) is 3.86. The van der Waals surface area contributed by atoms with Gasteiger partial charge in [-0.25, -0.2) is 0 Å². The zero-order valence-corrected chi connectivity index (χ0v) is 11.8. The second-order valence-corrected chi connectivity index (χ2v) is 5.25. The molecule has 106 valence electrons. The fraction of sp³-hybridized carbons (Fsp3) is 0.267. The van der Waals surface area contributed by atoms with Crippen molar-refractivity contribution in [1.29, 1.82) is 0 Å². The summed E-state index contributed by atoms with van der Waals surface area (Å²) in [6.45, 7) is 1.97. The minimum atomic E-state index is 0.658. The lowest BCUT2D eigenvalue weighted by Gasteiger charge is -2.13. The van der Waals surface area contributed by atoms with Crippen LogP contribution < -0.4 is 5.32 Å². The van der Waals surface area contributed by atoms with Crippen LogP contribution in [0, 0.1) is 0 Å². The number of nitrogens with one attached hydrogen (secondary N) is 2. The summed E-state index contributed by atoms with van der Waals surface area (Å²) in [5, 5.41) is 16.8. The Balaban J connectivity index is 1.84. The maximum atomic E-state index is 4.27. The van der Waals surface area contributed by atoms with Crippen molar-refractivity contribution in [3.8, 4) is 11.4 Å². The fourth-order valence-corrected chi connectivity index (χ4v) is 2.79. The van der Waals surface area contributed by atoms with E-state index in [2.05, 4.69) is 50.1 Å². The van der Waals surface area contributed by atoms with Gasteiger partial charge in [-0.05, 0) is 42.0 Å². The van der Waals surface area contributed by atoms with Crippen molar-refractivity contribution in [3.63, 3.8) is 0 Å². The van der Waals surface area contributed by atoms with E-state index in [4.69, 9.17) is 0 Å². The summed E-state index contributed by atoms with van der Waals surface area (Å²) in [5.41, 5.74) is 4.80. The standard InChI is InChI=1S/C15H16N6/c1-21-19-15(18-20-21)11-2-3-14-12(8-11)13(9-17-14)10-4-6-16-7-5-10/h2-4,8-9,16-17H,5-7H2,1H3. The van der Waals surface area contributed by atoms with E-state index in [0.717, 1.165) is 30.6 Å². The van der Waals surface area contributed by atoms with Crippen LogP contribution in [0.5, 0.6) is 0 Å². The van der Waals surface area contributed by atoms with E-state index in [1.807, 2.05) is 6.07 Å². The summed E-state index contributed by atoms with van der Waals surface area (Å²) in [5.74, 6) is 0.658. The van der Waals surface area contributed by atoms with Gasteiger partial charge in [0.1, 0.15) is 0 Å². The molecule has 0 atom stereocenters. The molecule has 1 aliphatic rings. The summed E-state index contributed by atoms with van der Waals surface area (Å²) >= 11 is 0. The van der Waals surface area contributed by atoms with Crippen molar-refractivity contribution in [2.24, 2.45) is 7.05 Å². The van der Waals surface area contributed by atoms with Crippen LogP contribution in [-0.2, 0) is 7.05 Å². The quantitative estimate of drug-likeness (QED) is 0.750. The zero-order valence-electron chi connectivity index (χ0n) is 11.8. The highest BCUT2D eigenvalue weighted by atomic mass is 15.6. The summed E-state index contributed by atoms with van der Waals surface area (Å²) in [4.78, 5) is 4.83. The van der Waals surface area contributed by atoms with E-state index >= 15 is 0 Å². The van der Waals surface area contributed by atoms with Gasteiger partial charge in [0.25, 0.3) is 0 Å². The zero-order chi connectivity index (χ0) is 14.2. The van der Waals surface area contributed by atoms with Gasteiger partial charge in [0.05, 0.1) is 7.05 Å². The Bertz CT molecular complexity index is 826. The molecular weight excluding hydrogens is 264 g/mol. The van der Waals surface area contributed by atoms with Crippen LogP contribution in [0.25, 0.3) is 27.9 Å². The number of rotatable bonds is 2. The molecule has 1 aliphatic heterocycles.